The fourth-order valence-corrected chi connectivity index (χ4v) is 3.17. The van der Waals surface area contributed by atoms with Gasteiger partial charge in [0, 0.05) is 12.6 Å². The Balaban J connectivity index is 2.19. The molecule has 0 aliphatic carbocycles. The van der Waals surface area contributed by atoms with Crippen LogP contribution in [0.1, 0.15) is 12.5 Å². The molecular weight excluding hydrogens is 274 g/mol. The van der Waals surface area contributed by atoms with Crippen LogP contribution in [0.25, 0.3) is 0 Å². The fraction of sp³-hybridized carbons (Fsp3) is 0.133. The highest BCUT2D eigenvalue weighted by molar-refractivity contribution is 7.90. The van der Waals surface area contributed by atoms with Crippen molar-refractivity contribution >= 4 is 21.4 Å². The molecule has 0 spiro atoms. The zero-order chi connectivity index (χ0) is 14.6. The number of amides is 1. The second-order valence-corrected chi connectivity index (χ2v) is 6.44. The summed E-state index contributed by atoms with van der Waals surface area (Å²) in [5, 5.41) is 2.60. The highest BCUT2D eigenvalue weighted by atomic mass is 32.2. The number of anilines is 1. The molecule has 20 heavy (non-hydrogen) atoms. The van der Waals surface area contributed by atoms with Gasteiger partial charge in [-0.05, 0) is 29.8 Å². The third kappa shape index (κ3) is 3.68. The van der Waals surface area contributed by atoms with E-state index in [1.165, 1.54) is 19.1 Å². The highest BCUT2D eigenvalue weighted by Crippen LogP contribution is 2.18. The molecule has 0 atom stereocenters. The standard InChI is InChI=1S/C15H15NO3S/c1-12(17)16-14-7-9-15(10-8-14)20(18,19)11-13-5-3-2-4-6-13/h2-10H,11H2,1H3,(H,16,17). The van der Waals surface area contributed by atoms with E-state index in [9.17, 15) is 13.2 Å². The average molecular weight is 289 g/mol. The van der Waals surface area contributed by atoms with Gasteiger partial charge < -0.3 is 5.32 Å². The van der Waals surface area contributed by atoms with Gasteiger partial charge in [0.15, 0.2) is 9.84 Å². The van der Waals surface area contributed by atoms with Gasteiger partial charge in [-0.2, -0.15) is 0 Å². The molecule has 0 fully saturated rings. The minimum atomic E-state index is -3.37. The summed E-state index contributed by atoms with van der Waals surface area (Å²) in [4.78, 5) is 11.2. The van der Waals surface area contributed by atoms with E-state index in [1.807, 2.05) is 18.2 Å². The lowest BCUT2D eigenvalue weighted by molar-refractivity contribution is -0.114. The van der Waals surface area contributed by atoms with Crippen molar-refractivity contribution in [2.45, 2.75) is 17.6 Å². The quantitative estimate of drug-likeness (QED) is 0.941. The number of rotatable bonds is 4. The molecule has 5 heteroatoms. The molecule has 0 saturated carbocycles. The highest BCUT2D eigenvalue weighted by Gasteiger charge is 2.15. The van der Waals surface area contributed by atoms with E-state index in [0.29, 0.717) is 5.69 Å². The zero-order valence-corrected chi connectivity index (χ0v) is 11.9. The van der Waals surface area contributed by atoms with Crippen molar-refractivity contribution in [3.63, 3.8) is 0 Å². The Bertz CT molecular complexity index is 692. The molecule has 0 aromatic heterocycles. The van der Waals surface area contributed by atoms with E-state index in [2.05, 4.69) is 5.32 Å². The van der Waals surface area contributed by atoms with E-state index < -0.39 is 9.84 Å². The number of benzene rings is 2. The monoisotopic (exact) mass is 289 g/mol. The smallest absolute Gasteiger partial charge is 0.221 e. The number of carbonyl (C=O) groups excluding carboxylic acids is 1. The van der Waals surface area contributed by atoms with Gasteiger partial charge in [0.2, 0.25) is 5.91 Å². The topological polar surface area (TPSA) is 63.2 Å². The molecule has 0 aliphatic heterocycles. The molecule has 0 radical (unpaired) electrons. The Labute approximate surface area is 118 Å². The van der Waals surface area contributed by atoms with Crippen LogP contribution < -0.4 is 5.32 Å². The van der Waals surface area contributed by atoms with Gasteiger partial charge in [-0.15, -0.1) is 0 Å². The molecule has 1 amide bonds. The predicted octanol–water partition coefficient (Wildman–Crippen LogP) is 2.62. The predicted molar refractivity (Wildman–Crippen MR) is 78.1 cm³/mol. The lowest BCUT2D eigenvalue weighted by Gasteiger charge is -2.06. The molecule has 1 N–H and O–H groups in total. The van der Waals surface area contributed by atoms with Gasteiger partial charge in [-0.1, -0.05) is 30.3 Å². The molecular formula is C15H15NO3S. The molecule has 0 heterocycles. The van der Waals surface area contributed by atoms with Crippen LogP contribution in [0.4, 0.5) is 5.69 Å². The maximum Gasteiger partial charge on any atom is 0.221 e. The van der Waals surface area contributed by atoms with Crippen molar-refractivity contribution in [3.8, 4) is 0 Å². The summed E-state index contributed by atoms with van der Waals surface area (Å²) in [7, 11) is -3.37. The number of sulfone groups is 1. The van der Waals surface area contributed by atoms with Crippen LogP contribution >= 0.6 is 0 Å². The Morgan fingerprint density at radius 2 is 1.60 bits per heavy atom. The van der Waals surface area contributed by atoms with Gasteiger partial charge in [-0.25, -0.2) is 8.42 Å². The Hall–Kier alpha value is -2.14. The summed E-state index contributed by atoms with van der Waals surface area (Å²) in [6.07, 6.45) is 0. The van der Waals surface area contributed by atoms with Gasteiger partial charge >= 0.3 is 0 Å². The summed E-state index contributed by atoms with van der Waals surface area (Å²) >= 11 is 0. The molecule has 0 saturated heterocycles. The summed E-state index contributed by atoms with van der Waals surface area (Å²) in [5.74, 6) is -0.224. The first-order chi connectivity index (χ1) is 9.47. The van der Waals surface area contributed by atoms with Crippen LogP contribution in [-0.2, 0) is 20.4 Å². The second-order valence-electron chi connectivity index (χ2n) is 4.45. The van der Waals surface area contributed by atoms with Crippen molar-refractivity contribution in [1.29, 1.82) is 0 Å². The van der Waals surface area contributed by atoms with Crippen LogP contribution in [0.15, 0.2) is 59.5 Å². The van der Waals surface area contributed by atoms with Crippen LogP contribution in [0, 0.1) is 0 Å². The van der Waals surface area contributed by atoms with E-state index in [-0.39, 0.29) is 16.6 Å². The van der Waals surface area contributed by atoms with Gasteiger partial charge in [0.25, 0.3) is 0 Å². The van der Waals surface area contributed by atoms with E-state index >= 15 is 0 Å². The number of hydrogen-bond acceptors (Lipinski definition) is 3. The van der Waals surface area contributed by atoms with Crippen molar-refractivity contribution in [2.75, 3.05) is 5.32 Å². The molecule has 2 aromatic rings. The maximum atomic E-state index is 12.2. The lowest BCUT2D eigenvalue weighted by atomic mass is 10.2. The molecule has 0 bridgehead atoms. The molecule has 0 unspecified atom stereocenters. The molecule has 104 valence electrons. The van der Waals surface area contributed by atoms with E-state index in [1.54, 1.807) is 24.3 Å². The Kier molecular flexibility index (Phi) is 4.20. The van der Waals surface area contributed by atoms with Crippen molar-refractivity contribution < 1.29 is 13.2 Å². The molecule has 2 rings (SSSR count). The first kappa shape index (κ1) is 14.3. The number of nitrogens with one attached hydrogen (secondary N) is 1. The fourth-order valence-electron chi connectivity index (χ4n) is 1.83. The van der Waals surface area contributed by atoms with Crippen molar-refractivity contribution in [1.82, 2.24) is 0 Å². The van der Waals surface area contributed by atoms with E-state index in [4.69, 9.17) is 0 Å². The molecule has 4 nitrogen and oxygen atoms in total. The van der Waals surface area contributed by atoms with Crippen LogP contribution in [0.5, 0.6) is 0 Å². The summed E-state index contributed by atoms with van der Waals surface area (Å²) in [6.45, 7) is 1.40. The largest absolute Gasteiger partial charge is 0.326 e. The van der Waals surface area contributed by atoms with Crippen LogP contribution in [0.3, 0.4) is 0 Å². The Morgan fingerprint density at radius 1 is 1.00 bits per heavy atom. The zero-order valence-electron chi connectivity index (χ0n) is 11.0. The third-order valence-corrected chi connectivity index (χ3v) is 4.44. The third-order valence-electron chi connectivity index (χ3n) is 2.73. The summed E-state index contributed by atoms with van der Waals surface area (Å²) in [5.41, 5.74) is 1.33. The average Bonchev–Trinajstić information content (AvgIpc) is 2.39. The van der Waals surface area contributed by atoms with Crippen molar-refractivity contribution in [3.05, 3.63) is 60.2 Å². The Morgan fingerprint density at radius 3 is 2.15 bits per heavy atom. The molecule has 2 aromatic carbocycles. The minimum absolute atomic E-state index is 0.0344. The van der Waals surface area contributed by atoms with Crippen LogP contribution in [-0.4, -0.2) is 14.3 Å². The van der Waals surface area contributed by atoms with Gasteiger partial charge in [0.1, 0.15) is 0 Å². The summed E-state index contributed by atoms with van der Waals surface area (Å²) < 4.78 is 24.5. The normalized spacial score (nSPS) is 11.1. The number of hydrogen-bond donors (Lipinski definition) is 1. The first-order valence-corrected chi connectivity index (χ1v) is 7.77. The van der Waals surface area contributed by atoms with Crippen LogP contribution in [0.2, 0.25) is 0 Å². The first-order valence-electron chi connectivity index (χ1n) is 6.12. The second kappa shape index (κ2) is 5.88. The van der Waals surface area contributed by atoms with Gasteiger partial charge in [0.05, 0.1) is 10.6 Å². The summed E-state index contributed by atoms with van der Waals surface area (Å²) in [6, 6.07) is 15.2. The SMILES string of the molecule is CC(=O)Nc1ccc(S(=O)(=O)Cc2ccccc2)cc1. The van der Waals surface area contributed by atoms with E-state index in [0.717, 1.165) is 5.56 Å². The van der Waals surface area contributed by atoms with Crippen molar-refractivity contribution in [2.24, 2.45) is 0 Å². The lowest BCUT2D eigenvalue weighted by Crippen LogP contribution is -2.07. The minimum Gasteiger partial charge on any atom is -0.326 e. The number of carbonyl (C=O) groups is 1. The van der Waals surface area contributed by atoms with Gasteiger partial charge in [-0.3, -0.25) is 4.79 Å². The molecule has 0 aliphatic rings. The maximum absolute atomic E-state index is 12.2.